The summed E-state index contributed by atoms with van der Waals surface area (Å²) in [5.74, 6) is 1.05. The summed E-state index contributed by atoms with van der Waals surface area (Å²) in [5, 5.41) is 10.0. The third kappa shape index (κ3) is 3.37. The van der Waals surface area contributed by atoms with Gasteiger partial charge in [0.1, 0.15) is 16.9 Å². The smallest absolute Gasteiger partial charge is 0.378 e. The number of hydrogen-bond acceptors (Lipinski definition) is 7. The lowest BCUT2D eigenvalue weighted by Gasteiger charge is -2.42. The Morgan fingerprint density at radius 1 is 1.34 bits per heavy atom. The number of aromatic nitrogens is 4. The van der Waals surface area contributed by atoms with Crippen LogP contribution in [0.25, 0.3) is 0 Å². The van der Waals surface area contributed by atoms with E-state index in [2.05, 4.69) is 25.7 Å². The first kappa shape index (κ1) is 21.0. The van der Waals surface area contributed by atoms with E-state index in [4.69, 9.17) is 4.74 Å². The first-order valence-corrected chi connectivity index (χ1v) is 10.5. The molecule has 2 aromatic heterocycles. The zero-order valence-corrected chi connectivity index (χ0v) is 17.7. The van der Waals surface area contributed by atoms with E-state index >= 15 is 0 Å². The van der Waals surface area contributed by atoms with Gasteiger partial charge in [-0.1, -0.05) is 0 Å². The Bertz CT molecular complexity index is 1040. The molecule has 0 aromatic carbocycles. The van der Waals surface area contributed by atoms with Gasteiger partial charge in [-0.15, -0.1) is 0 Å². The zero-order chi connectivity index (χ0) is 22.7. The standard InChI is InChI=1S/C20H24F3N7O2/c1-11-15-16(29(2)19(17(31)27-15)4-6-32-10-19)28-18(25-11)26-13-7-12(8-13)9-30-14(3-5-24-30)20(21,22)23/h3,5,12-13H,4,6-10H2,1-2H3,(H,27,31)(H,25,26,28)/t12-,13-,19?. The van der Waals surface area contributed by atoms with E-state index in [0.29, 0.717) is 55.6 Å². The number of hydrogen-bond donors (Lipinski definition) is 2. The molecule has 1 unspecified atom stereocenters. The minimum absolute atomic E-state index is 0.0645. The van der Waals surface area contributed by atoms with Gasteiger partial charge in [-0.3, -0.25) is 9.48 Å². The molecule has 2 aliphatic heterocycles. The van der Waals surface area contributed by atoms with Crippen molar-refractivity contribution in [3.8, 4) is 0 Å². The van der Waals surface area contributed by atoms with Crippen LogP contribution in [0.1, 0.15) is 30.7 Å². The molecule has 0 radical (unpaired) electrons. The van der Waals surface area contributed by atoms with Gasteiger partial charge < -0.3 is 20.3 Å². The summed E-state index contributed by atoms with van der Waals surface area (Å²) >= 11 is 0. The fourth-order valence-electron chi connectivity index (χ4n) is 4.74. The van der Waals surface area contributed by atoms with Crippen LogP contribution in [0.3, 0.4) is 0 Å². The summed E-state index contributed by atoms with van der Waals surface area (Å²) < 4.78 is 45.6. The minimum atomic E-state index is -4.41. The first-order valence-electron chi connectivity index (χ1n) is 10.5. The largest absolute Gasteiger partial charge is 0.433 e. The second-order valence-electron chi connectivity index (χ2n) is 8.75. The number of likely N-dealkylation sites (N-methyl/N-ethyl adjacent to an activating group) is 1. The van der Waals surface area contributed by atoms with E-state index in [1.165, 1.54) is 6.20 Å². The van der Waals surface area contributed by atoms with Gasteiger partial charge in [-0.2, -0.15) is 23.3 Å². The van der Waals surface area contributed by atoms with Gasteiger partial charge in [0, 0.05) is 38.9 Å². The van der Waals surface area contributed by atoms with Crippen LogP contribution in [0.2, 0.25) is 0 Å². The van der Waals surface area contributed by atoms with Crippen LogP contribution in [-0.2, 0) is 22.3 Å². The fraction of sp³-hybridized carbons (Fsp3) is 0.600. The highest BCUT2D eigenvalue weighted by atomic mass is 19.4. The Morgan fingerprint density at radius 2 is 2.12 bits per heavy atom. The highest BCUT2D eigenvalue weighted by molar-refractivity contribution is 6.06. The second-order valence-corrected chi connectivity index (χ2v) is 8.75. The van der Waals surface area contributed by atoms with Crippen LogP contribution in [0.15, 0.2) is 12.3 Å². The van der Waals surface area contributed by atoms with Crippen molar-refractivity contribution >= 4 is 23.4 Å². The molecule has 172 valence electrons. The summed E-state index contributed by atoms with van der Waals surface area (Å²) in [7, 11) is 1.84. The van der Waals surface area contributed by atoms with Gasteiger partial charge in [-0.05, 0) is 31.7 Å². The lowest BCUT2D eigenvalue weighted by atomic mass is 9.80. The number of rotatable bonds is 4. The molecular formula is C20H24F3N7O2. The first-order chi connectivity index (χ1) is 15.2. The molecule has 1 atom stereocenters. The van der Waals surface area contributed by atoms with Crippen molar-refractivity contribution < 1.29 is 22.7 Å². The molecule has 2 fully saturated rings. The average molecular weight is 451 g/mol. The topological polar surface area (TPSA) is 97.2 Å². The van der Waals surface area contributed by atoms with Crippen LogP contribution in [0.5, 0.6) is 0 Å². The van der Waals surface area contributed by atoms with Gasteiger partial charge in [0.25, 0.3) is 5.91 Å². The number of nitrogens with zero attached hydrogens (tertiary/aromatic N) is 5. The summed E-state index contributed by atoms with van der Waals surface area (Å²) in [4.78, 5) is 23.7. The Morgan fingerprint density at radius 3 is 2.81 bits per heavy atom. The summed E-state index contributed by atoms with van der Waals surface area (Å²) in [6.07, 6.45) is -1.26. The van der Waals surface area contributed by atoms with Crippen LogP contribution in [-0.4, -0.2) is 57.5 Å². The lowest BCUT2D eigenvalue weighted by Crippen LogP contribution is -2.59. The predicted octanol–water partition coefficient (Wildman–Crippen LogP) is 2.44. The maximum absolute atomic E-state index is 13.0. The highest BCUT2D eigenvalue weighted by Gasteiger charge is 2.50. The fourth-order valence-corrected chi connectivity index (χ4v) is 4.74. The van der Waals surface area contributed by atoms with E-state index in [0.717, 1.165) is 10.7 Å². The number of fused-ring (bicyclic) bond motifs is 1. The molecule has 1 aliphatic carbocycles. The van der Waals surface area contributed by atoms with Crippen molar-refractivity contribution in [1.29, 1.82) is 0 Å². The average Bonchev–Trinajstić information content (AvgIpc) is 3.36. The predicted molar refractivity (Wildman–Crippen MR) is 109 cm³/mol. The van der Waals surface area contributed by atoms with Crippen molar-refractivity contribution in [2.24, 2.45) is 5.92 Å². The maximum Gasteiger partial charge on any atom is 0.433 e. The van der Waals surface area contributed by atoms with E-state index in [-0.39, 0.29) is 24.4 Å². The Labute approximate surface area is 182 Å². The number of halogens is 3. The van der Waals surface area contributed by atoms with Crippen molar-refractivity contribution in [3.05, 3.63) is 23.7 Å². The molecule has 1 amide bonds. The number of anilines is 3. The SMILES string of the molecule is Cc1nc(N[C@H]2C[C@H](Cn3nccc3C(F)(F)F)C2)nc2c1NC(=O)C1(CCOC1)N2C. The molecule has 1 saturated heterocycles. The van der Waals surface area contributed by atoms with Crippen molar-refractivity contribution in [2.45, 2.75) is 50.5 Å². The Balaban J connectivity index is 1.26. The van der Waals surface area contributed by atoms with E-state index in [1.54, 1.807) is 0 Å². The molecule has 5 rings (SSSR count). The van der Waals surface area contributed by atoms with Crippen LogP contribution >= 0.6 is 0 Å². The van der Waals surface area contributed by atoms with Crippen molar-refractivity contribution in [2.75, 3.05) is 35.8 Å². The molecule has 2 N–H and O–H groups in total. The number of alkyl halides is 3. The zero-order valence-electron chi connectivity index (χ0n) is 17.7. The lowest BCUT2D eigenvalue weighted by molar-refractivity contribution is -0.144. The Kier molecular flexibility index (Phi) is 4.80. The van der Waals surface area contributed by atoms with Gasteiger partial charge in [0.15, 0.2) is 5.82 Å². The molecule has 0 bridgehead atoms. The quantitative estimate of drug-likeness (QED) is 0.737. The van der Waals surface area contributed by atoms with Crippen molar-refractivity contribution in [3.63, 3.8) is 0 Å². The van der Waals surface area contributed by atoms with Gasteiger partial charge in [-0.25, -0.2) is 4.98 Å². The molecule has 9 nitrogen and oxygen atoms in total. The molecule has 12 heteroatoms. The van der Waals surface area contributed by atoms with Crippen molar-refractivity contribution in [1.82, 2.24) is 19.7 Å². The third-order valence-electron chi connectivity index (χ3n) is 6.70. The number of amides is 1. The van der Waals surface area contributed by atoms with E-state index in [9.17, 15) is 18.0 Å². The highest BCUT2D eigenvalue weighted by Crippen LogP contribution is 2.41. The van der Waals surface area contributed by atoms with Gasteiger partial charge in [0.05, 0.1) is 12.3 Å². The molecule has 2 aromatic rings. The number of carbonyl (C=O) groups excluding carboxylic acids is 1. The molecule has 4 heterocycles. The monoisotopic (exact) mass is 451 g/mol. The number of nitrogens with one attached hydrogen (secondary N) is 2. The van der Waals surface area contributed by atoms with Gasteiger partial charge in [0.2, 0.25) is 5.95 Å². The summed E-state index contributed by atoms with van der Waals surface area (Å²) in [5.41, 5.74) is -0.261. The van der Waals surface area contributed by atoms with Gasteiger partial charge >= 0.3 is 6.18 Å². The maximum atomic E-state index is 13.0. The number of carbonyl (C=O) groups is 1. The van der Waals surface area contributed by atoms with E-state index < -0.39 is 17.4 Å². The molecule has 1 spiro atoms. The molecule has 32 heavy (non-hydrogen) atoms. The third-order valence-corrected chi connectivity index (χ3v) is 6.70. The summed E-state index contributed by atoms with van der Waals surface area (Å²) in [6, 6.07) is 1.06. The number of ether oxygens (including phenoxy) is 1. The molecule has 1 saturated carbocycles. The minimum Gasteiger partial charge on any atom is -0.378 e. The van der Waals surface area contributed by atoms with Crippen LogP contribution in [0.4, 0.5) is 30.6 Å². The van der Waals surface area contributed by atoms with Crippen LogP contribution < -0.4 is 15.5 Å². The van der Waals surface area contributed by atoms with Crippen LogP contribution in [0, 0.1) is 12.8 Å². The van der Waals surface area contributed by atoms with E-state index in [1.807, 2.05) is 18.9 Å². The molecular weight excluding hydrogens is 427 g/mol. The second kappa shape index (κ2) is 7.32. The normalized spacial score (nSPS) is 27.3. The summed E-state index contributed by atoms with van der Waals surface area (Å²) in [6.45, 7) is 2.85. The number of aryl methyl sites for hydroxylation is 1. The Hall–Kier alpha value is -2.89. The molecule has 3 aliphatic rings.